The van der Waals surface area contributed by atoms with E-state index in [0.29, 0.717) is 0 Å². The molecule has 0 atom stereocenters. The maximum Gasteiger partial charge on any atom is 0.358 e. The van der Waals surface area contributed by atoms with Crippen molar-refractivity contribution < 1.29 is 17.9 Å². The summed E-state index contributed by atoms with van der Waals surface area (Å²) < 4.78 is 30.4. The number of nitrogens with zero attached hydrogens (tertiary/aromatic N) is 3. The maximum absolute atomic E-state index is 12.0. The third kappa shape index (κ3) is 2.47. The van der Waals surface area contributed by atoms with Gasteiger partial charge in [-0.3, -0.25) is 4.72 Å². The Hall–Kier alpha value is -1.59. The predicted molar refractivity (Wildman–Crippen MR) is 64.2 cm³/mol. The Morgan fingerprint density at radius 3 is 2.78 bits per heavy atom. The lowest BCUT2D eigenvalue weighted by Crippen LogP contribution is -2.16. The topological polar surface area (TPSA) is 111 Å². The number of hydrogen-bond acceptors (Lipinski definition) is 9. The Morgan fingerprint density at radius 2 is 2.17 bits per heavy atom. The Labute approximate surface area is 110 Å². The molecular weight excluding hydrogens is 300 g/mol. The fourth-order valence-electron chi connectivity index (χ4n) is 1.04. The fourth-order valence-corrected chi connectivity index (χ4v) is 3.86. The van der Waals surface area contributed by atoms with Gasteiger partial charge in [0.15, 0.2) is 9.90 Å². The minimum Gasteiger partial charge on any atom is -0.464 e. The van der Waals surface area contributed by atoms with Gasteiger partial charge in [-0.2, -0.15) is 0 Å². The van der Waals surface area contributed by atoms with Crippen molar-refractivity contribution in [1.29, 1.82) is 0 Å². The van der Waals surface area contributed by atoms with Gasteiger partial charge in [0, 0.05) is 0 Å². The molecule has 0 aromatic carbocycles. The van der Waals surface area contributed by atoms with Crippen molar-refractivity contribution in [2.45, 2.75) is 4.21 Å². The molecule has 2 aromatic heterocycles. The Balaban J connectivity index is 2.36. The monoisotopic (exact) mass is 306 g/mol. The summed E-state index contributed by atoms with van der Waals surface area (Å²) >= 11 is 1.84. The third-order valence-corrected chi connectivity index (χ3v) is 5.18. The molecule has 11 heteroatoms. The molecule has 2 heterocycles. The quantitative estimate of drug-likeness (QED) is 0.822. The van der Waals surface area contributed by atoms with Crippen molar-refractivity contribution in [2.75, 3.05) is 11.8 Å². The summed E-state index contributed by atoms with van der Waals surface area (Å²) in [5.41, 5.74) is 2.38. The summed E-state index contributed by atoms with van der Waals surface area (Å²) in [6, 6.07) is 0. The number of ether oxygens (including phenoxy) is 1. The van der Waals surface area contributed by atoms with Gasteiger partial charge in [0.1, 0.15) is 5.51 Å². The Bertz CT molecular complexity index is 648. The number of methoxy groups -OCH3 is 1. The number of esters is 1. The predicted octanol–water partition coefficient (Wildman–Crippen LogP) is 0.582. The van der Waals surface area contributed by atoms with Crippen molar-refractivity contribution in [3.05, 3.63) is 16.7 Å². The molecule has 0 amide bonds. The first-order chi connectivity index (χ1) is 8.54. The van der Waals surface area contributed by atoms with E-state index in [1.54, 1.807) is 0 Å². The first-order valence-electron chi connectivity index (χ1n) is 4.35. The van der Waals surface area contributed by atoms with Crippen molar-refractivity contribution in [3.63, 3.8) is 0 Å². The van der Waals surface area contributed by atoms with Crippen LogP contribution in [0.15, 0.2) is 15.2 Å². The first-order valence-corrected chi connectivity index (χ1v) is 7.59. The number of rotatable bonds is 4. The number of anilines is 1. The largest absolute Gasteiger partial charge is 0.464 e. The molecule has 0 unspecified atom stereocenters. The summed E-state index contributed by atoms with van der Waals surface area (Å²) in [5, 5.41) is 7.16. The highest BCUT2D eigenvalue weighted by Crippen LogP contribution is 2.24. The van der Waals surface area contributed by atoms with Crippen molar-refractivity contribution in [1.82, 2.24) is 15.2 Å². The minimum atomic E-state index is -3.91. The minimum absolute atomic E-state index is 0.110. The van der Waals surface area contributed by atoms with E-state index in [4.69, 9.17) is 0 Å². The van der Waals surface area contributed by atoms with Gasteiger partial charge < -0.3 is 4.74 Å². The van der Waals surface area contributed by atoms with Crippen LogP contribution < -0.4 is 4.72 Å². The van der Waals surface area contributed by atoms with Gasteiger partial charge >= 0.3 is 5.97 Å². The van der Waals surface area contributed by atoms with Crippen LogP contribution in [0, 0.1) is 0 Å². The van der Waals surface area contributed by atoms with E-state index in [1.165, 1.54) is 11.0 Å². The van der Waals surface area contributed by atoms with Gasteiger partial charge in [-0.25, -0.2) is 18.2 Å². The van der Waals surface area contributed by atoms with E-state index < -0.39 is 16.0 Å². The number of carbonyl (C=O) groups is 1. The van der Waals surface area contributed by atoms with Gasteiger partial charge in [0.2, 0.25) is 5.13 Å². The van der Waals surface area contributed by atoms with Gasteiger partial charge in [0.05, 0.1) is 12.6 Å². The van der Waals surface area contributed by atoms with E-state index in [-0.39, 0.29) is 15.0 Å². The van der Waals surface area contributed by atoms with Gasteiger partial charge in [0.25, 0.3) is 10.0 Å². The second kappa shape index (κ2) is 4.96. The molecule has 0 saturated heterocycles. The van der Waals surface area contributed by atoms with Crippen LogP contribution in [0.4, 0.5) is 5.13 Å². The third-order valence-electron chi connectivity index (χ3n) is 1.74. The molecule has 0 fully saturated rings. The zero-order chi connectivity index (χ0) is 13.2. The Morgan fingerprint density at radius 1 is 1.39 bits per heavy atom. The van der Waals surface area contributed by atoms with E-state index in [1.807, 2.05) is 0 Å². The van der Waals surface area contributed by atoms with Crippen LogP contribution in [-0.2, 0) is 14.8 Å². The molecule has 0 spiro atoms. The number of carbonyl (C=O) groups excluding carboxylic acids is 1. The fraction of sp³-hybridized carbons (Fsp3) is 0.143. The molecule has 0 aliphatic carbocycles. The number of thiazole rings is 1. The van der Waals surface area contributed by atoms with Gasteiger partial charge in [-0.1, -0.05) is 11.3 Å². The van der Waals surface area contributed by atoms with Crippen LogP contribution in [0.1, 0.15) is 10.5 Å². The lowest BCUT2D eigenvalue weighted by molar-refractivity contribution is 0.0590. The summed E-state index contributed by atoms with van der Waals surface area (Å²) in [7, 11) is -2.76. The molecule has 0 aliphatic heterocycles. The highest BCUT2D eigenvalue weighted by Gasteiger charge is 2.27. The average molecular weight is 306 g/mol. The molecule has 8 nitrogen and oxygen atoms in total. The molecular formula is C7H6N4O4S3. The van der Waals surface area contributed by atoms with Crippen LogP contribution in [0.3, 0.4) is 0 Å². The van der Waals surface area contributed by atoms with E-state index in [0.717, 1.165) is 29.8 Å². The highest BCUT2D eigenvalue weighted by atomic mass is 32.2. The van der Waals surface area contributed by atoms with Gasteiger partial charge in [-0.05, 0) is 0 Å². The number of aromatic nitrogens is 3. The zero-order valence-electron chi connectivity index (χ0n) is 8.85. The molecule has 18 heavy (non-hydrogen) atoms. The van der Waals surface area contributed by atoms with Crippen LogP contribution >= 0.6 is 22.7 Å². The summed E-state index contributed by atoms with van der Waals surface area (Å²) in [6.45, 7) is 0. The average Bonchev–Trinajstić information content (AvgIpc) is 2.97. The van der Waals surface area contributed by atoms with Crippen LogP contribution in [0.25, 0.3) is 0 Å². The molecule has 0 radical (unpaired) electrons. The van der Waals surface area contributed by atoms with Crippen LogP contribution in [-0.4, -0.2) is 36.7 Å². The standard InChI is InChI=1S/C7H6N4O4S3/c1-15-5(12)4-6(16-2-8-4)18(13,14)11-7-10-9-3-17-7/h2-3H,1H3,(H,10,11). The van der Waals surface area contributed by atoms with Crippen LogP contribution in [0.2, 0.25) is 0 Å². The molecule has 2 rings (SSSR count). The second-order valence-electron chi connectivity index (χ2n) is 2.83. The van der Waals surface area contributed by atoms with Crippen molar-refractivity contribution >= 4 is 43.8 Å². The molecule has 1 N–H and O–H groups in total. The van der Waals surface area contributed by atoms with E-state index >= 15 is 0 Å². The molecule has 96 valence electrons. The molecule has 0 bridgehead atoms. The molecule has 2 aromatic rings. The lowest BCUT2D eigenvalue weighted by Gasteiger charge is -2.03. The van der Waals surface area contributed by atoms with E-state index in [9.17, 15) is 13.2 Å². The number of hydrogen-bond donors (Lipinski definition) is 1. The first kappa shape index (κ1) is 12.9. The van der Waals surface area contributed by atoms with Crippen LogP contribution in [0.5, 0.6) is 0 Å². The molecule has 0 aliphatic rings. The van der Waals surface area contributed by atoms with E-state index in [2.05, 4.69) is 24.6 Å². The maximum atomic E-state index is 12.0. The highest BCUT2D eigenvalue weighted by molar-refractivity contribution is 7.94. The smallest absolute Gasteiger partial charge is 0.358 e. The second-order valence-corrected chi connectivity index (χ2v) is 6.40. The van der Waals surface area contributed by atoms with Crippen molar-refractivity contribution in [2.24, 2.45) is 0 Å². The summed E-state index contributed by atoms with van der Waals surface area (Å²) in [5.74, 6) is -0.811. The summed E-state index contributed by atoms with van der Waals surface area (Å²) in [4.78, 5) is 15.0. The SMILES string of the molecule is COC(=O)c1ncsc1S(=O)(=O)Nc1nncs1. The number of nitrogens with one attached hydrogen (secondary N) is 1. The molecule has 0 saturated carbocycles. The normalized spacial score (nSPS) is 11.2. The zero-order valence-corrected chi connectivity index (χ0v) is 11.3. The number of sulfonamides is 1. The summed E-state index contributed by atoms with van der Waals surface area (Å²) in [6.07, 6.45) is 0. The Kier molecular flexibility index (Phi) is 3.54. The van der Waals surface area contributed by atoms with Gasteiger partial charge in [-0.15, -0.1) is 21.5 Å². The lowest BCUT2D eigenvalue weighted by atomic mass is 10.5. The van der Waals surface area contributed by atoms with Crippen molar-refractivity contribution in [3.8, 4) is 0 Å².